The van der Waals surface area contributed by atoms with Crippen LogP contribution in [0.25, 0.3) is 0 Å². The Morgan fingerprint density at radius 3 is 2.90 bits per heavy atom. The van der Waals surface area contributed by atoms with E-state index in [-0.39, 0.29) is 11.8 Å². The maximum absolute atomic E-state index is 12.0. The van der Waals surface area contributed by atoms with E-state index < -0.39 is 0 Å². The van der Waals surface area contributed by atoms with Crippen molar-refractivity contribution in [3.8, 4) is 0 Å². The summed E-state index contributed by atoms with van der Waals surface area (Å²) < 4.78 is 10.8. The van der Waals surface area contributed by atoms with Crippen molar-refractivity contribution in [1.82, 2.24) is 15.1 Å². The first-order chi connectivity index (χ1) is 9.75. The highest BCUT2D eigenvalue weighted by atomic mass is 16.6. The predicted molar refractivity (Wildman–Crippen MR) is 74.5 cm³/mol. The third-order valence-electron chi connectivity index (χ3n) is 5.00. The molecule has 3 fully saturated rings. The average molecular weight is 283 g/mol. The SMILES string of the molecule is CNC12CCCN1C(COC(=O)N1CCOCC1)CC2. The second kappa shape index (κ2) is 5.87. The summed E-state index contributed by atoms with van der Waals surface area (Å²) in [5.74, 6) is 0. The Bertz CT molecular complexity index is 360. The minimum Gasteiger partial charge on any atom is -0.448 e. The molecule has 0 aromatic rings. The van der Waals surface area contributed by atoms with Crippen molar-refractivity contribution in [2.45, 2.75) is 37.4 Å². The molecule has 20 heavy (non-hydrogen) atoms. The van der Waals surface area contributed by atoms with Crippen LogP contribution in [0.3, 0.4) is 0 Å². The van der Waals surface area contributed by atoms with Gasteiger partial charge < -0.3 is 19.7 Å². The zero-order valence-corrected chi connectivity index (χ0v) is 12.3. The van der Waals surface area contributed by atoms with Crippen molar-refractivity contribution in [1.29, 1.82) is 0 Å². The molecule has 3 heterocycles. The van der Waals surface area contributed by atoms with Gasteiger partial charge in [0.15, 0.2) is 0 Å². The predicted octanol–water partition coefficient (Wildman–Crippen LogP) is 0.629. The average Bonchev–Trinajstić information content (AvgIpc) is 3.05. The van der Waals surface area contributed by atoms with Gasteiger partial charge in [0.25, 0.3) is 0 Å². The number of carbonyl (C=O) groups is 1. The molecule has 3 saturated heterocycles. The van der Waals surface area contributed by atoms with Crippen LogP contribution in [-0.2, 0) is 9.47 Å². The van der Waals surface area contributed by atoms with Gasteiger partial charge in [-0.15, -0.1) is 0 Å². The van der Waals surface area contributed by atoms with Crippen LogP contribution in [-0.4, -0.2) is 74.1 Å². The highest BCUT2D eigenvalue weighted by molar-refractivity contribution is 5.67. The van der Waals surface area contributed by atoms with Gasteiger partial charge in [0.05, 0.1) is 18.9 Å². The lowest BCUT2D eigenvalue weighted by atomic mass is 10.0. The molecule has 0 aromatic carbocycles. The van der Waals surface area contributed by atoms with Crippen LogP contribution in [0.5, 0.6) is 0 Å². The zero-order valence-electron chi connectivity index (χ0n) is 12.3. The van der Waals surface area contributed by atoms with Crippen molar-refractivity contribution in [2.75, 3.05) is 46.5 Å². The first-order valence-electron chi connectivity index (χ1n) is 7.70. The normalized spacial score (nSPS) is 34.2. The number of carbonyl (C=O) groups excluding carboxylic acids is 1. The molecule has 0 aromatic heterocycles. The van der Waals surface area contributed by atoms with Crippen molar-refractivity contribution < 1.29 is 14.3 Å². The molecule has 6 nitrogen and oxygen atoms in total. The molecule has 0 spiro atoms. The number of ether oxygens (including phenoxy) is 2. The van der Waals surface area contributed by atoms with Gasteiger partial charge in [-0.1, -0.05) is 0 Å². The molecule has 3 aliphatic rings. The number of morpholine rings is 1. The number of fused-ring (bicyclic) bond motifs is 1. The largest absolute Gasteiger partial charge is 0.448 e. The van der Waals surface area contributed by atoms with Crippen LogP contribution in [0.4, 0.5) is 4.79 Å². The summed E-state index contributed by atoms with van der Waals surface area (Å²) in [7, 11) is 2.04. The Kier molecular flexibility index (Phi) is 4.14. The molecule has 2 atom stereocenters. The minimum atomic E-state index is -0.186. The van der Waals surface area contributed by atoms with E-state index in [0.29, 0.717) is 39.0 Å². The summed E-state index contributed by atoms with van der Waals surface area (Å²) in [5.41, 5.74) is 0.163. The van der Waals surface area contributed by atoms with Gasteiger partial charge in [-0.2, -0.15) is 0 Å². The fraction of sp³-hybridized carbons (Fsp3) is 0.929. The molecular formula is C14H25N3O3. The number of hydrogen-bond donors (Lipinski definition) is 1. The third kappa shape index (κ3) is 2.52. The summed E-state index contributed by atoms with van der Waals surface area (Å²) in [4.78, 5) is 16.3. The Labute approximate surface area is 120 Å². The molecule has 0 saturated carbocycles. The van der Waals surface area contributed by atoms with Crippen LogP contribution in [0, 0.1) is 0 Å². The monoisotopic (exact) mass is 283 g/mol. The molecule has 114 valence electrons. The van der Waals surface area contributed by atoms with E-state index in [2.05, 4.69) is 10.2 Å². The van der Waals surface area contributed by atoms with Crippen LogP contribution in [0.15, 0.2) is 0 Å². The molecular weight excluding hydrogens is 258 g/mol. The van der Waals surface area contributed by atoms with Crippen LogP contribution < -0.4 is 5.32 Å². The Morgan fingerprint density at radius 2 is 2.15 bits per heavy atom. The van der Waals surface area contributed by atoms with E-state index in [1.807, 2.05) is 7.05 Å². The quantitative estimate of drug-likeness (QED) is 0.823. The molecule has 1 amide bonds. The van der Waals surface area contributed by atoms with Crippen molar-refractivity contribution in [3.63, 3.8) is 0 Å². The second-order valence-corrected chi connectivity index (χ2v) is 5.95. The van der Waals surface area contributed by atoms with Gasteiger partial charge >= 0.3 is 6.09 Å². The molecule has 2 unspecified atom stereocenters. The lowest BCUT2D eigenvalue weighted by Gasteiger charge is -2.35. The number of hydrogen-bond acceptors (Lipinski definition) is 5. The Balaban J connectivity index is 1.50. The molecule has 3 rings (SSSR count). The lowest BCUT2D eigenvalue weighted by Crippen LogP contribution is -2.52. The van der Waals surface area contributed by atoms with Crippen LogP contribution in [0.2, 0.25) is 0 Å². The van der Waals surface area contributed by atoms with Crippen LogP contribution in [0.1, 0.15) is 25.7 Å². The van der Waals surface area contributed by atoms with Gasteiger partial charge in [0.2, 0.25) is 0 Å². The summed E-state index contributed by atoms with van der Waals surface area (Å²) >= 11 is 0. The number of nitrogens with zero attached hydrogens (tertiary/aromatic N) is 2. The van der Waals surface area contributed by atoms with E-state index >= 15 is 0 Å². The summed E-state index contributed by atoms with van der Waals surface area (Å²) in [6.45, 7) is 4.16. The maximum atomic E-state index is 12.0. The van der Waals surface area contributed by atoms with E-state index in [4.69, 9.17) is 9.47 Å². The lowest BCUT2D eigenvalue weighted by molar-refractivity contribution is 0.0158. The second-order valence-electron chi connectivity index (χ2n) is 5.95. The minimum absolute atomic E-state index is 0.163. The summed E-state index contributed by atoms with van der Waals surface area (Å²) in [5, 5.41) is 3.48. The first kappa shape index (κ1) is 14.1. The highest BCUT2D eigenvalue weighted by Gasteiger charge is 2.48. The fourth-order valence-electron chi connectivity index (χ4n) is 3.83. The molecule has 0 bridgehead atoms. The Morgan fingerprint density at radius 1 is 1.35 bits per heavy atom. The molecule has 3 aliphatic heterocycles. The van der Waals surface area contributed by atoms with E-state index in [0.717, 1.165) is 19.4 Å². The molecule has 0 aliphatic carbocycles. The highest BCUT2D eigenvalue weighted by Crippen LogP contribution is 2.40. The summed E-state index contributed by atoms with van der Waals surface area (Å²) in [6.07, 6.45) is 4.52. The van der Waals surface area contributed by atoms with Crippen molar-refractivity contribution >= 4 is 6.09 Å². The van der Waals surface area contributed by atoms with Gasteiger partial charge in [-0.25, -0.2) is 4.79 Å². The standard InChI is InChI=1S/C14H25N3O3/c1-15-14-4-2-6-17(14)12(3-5-14)11-20-13(18)16-7-9-19-10-8-16/h12,15H,2-11H2,1H3. The van der Waals surface area contributed by atoms with Gasteiger partial charge in [0, 0.05) is 25.7 Å². The number of amides is 1. The van der Waals surface area contributed by atoms with E-state index in [1.54, 1.807) is 4.90 Å². The molecule has 6 heteroatoms. The summed E-state index contributed by atoms with van der Waals surface area (Å²) in [6, 6.07) is 0.370. The van der Waals surface area contributed by atoms with Gasteiger partial charge in [-0.05, 0) is 32.7 Å². The van der Waals surface area contributed by atoms with E-state index in [9.17, 15) is 4.79 Å². The fourth-order valence-corrected chi connectivity index (χ4v) is 3.83. The van der Waals surface area contributed by atoms with Gasteiger partial charge in [0.1, 0.15) is 6.61 Å². The zero-order chi connectivity index (χ0) is 14.0. The molecule has 0 radical (unpaired) electrons. The third-order valence-corrected chi connectivity index (χ3v) is 5.00. The first-order valence-corrected chi connectivity index (χ1v) is 7.70. The topological polar surface area (TPSA) is 54.0 Å². The Hall–Kier alpha value is -0.850. The van der Waals surface area contributed by atoms with Gasteiger partial charge in [-0.3, -0.25) is 4.90 Å². The number of nitrogens with one attached hydrogen (secondary N) is 1. The smallest absolute Gasteiger partial charge is 0.409 e. The van der Waals surface area contributed by atoms with E-state index in [1.165, 1.54) is 12.8 Å². The van der Waals surface area contributed by atoms with Crippen molar-refractivity contribution in [2.24, 2.45) is 0 Å². The van der Waals surface area contributed by atoms with Crippen LogP contribution >= 0.6 is 0 Å². The number of rotatable bonds is 3. The maximum Gasteiger partial charge on any atom is 0.409 e. The van der Waals surface area contributed by atoms with Crippen molar-refractivity contribution in [3.05, 3.63) is 0 Å². The molecule has 1 N–H and O–H groups in total.